The number of hydrogen-bond donors (Lipinski definition) is 1. The Morgan fingerprint density at radius 3 is 2.39 bits per heavy atom. The highest BCUT2D eigenvalue weighted by Gasteiger charge is 2.24. The maximum atomic E-state index is 13.3. The zero-order valence-electron chi connectivity index (χ0n) is 19.2. The van der Waals surface area contributed by atoms with E-state index in [4.69, 9.17) is 27.9 Å². The van der Waals surface area contributed by atoms with Crippen LogP contribution in [0.5, 0.6) is 0 Å². The third-order valence-electron chi connectivity index (χ3n) is 5.49. The highest BCUT2D eigenvalue weighted by Crippen LogP contribution is 2.38. The average Bonchev–Trinajstić information content (AvgIpc) is 3.55. The maximum Gasteiger partial charge on any atom is 0.341 e. The summed E-state index contributed by atoms with van der Waals surface area (Å²) in [5, 5.41) is 11.9. The fraction of sp³-hybridized carbons (Fsp3) is 0.115. The Morgan fingerprint density at radius 2 is 1.72 bits per heavy atom. The van der Waals surface area contributed by atoms with Crippen molar-refractivity contribution in [3.05, 3.63) is 86.2 Å². The Hall–Kier alpha value is -3.17. The Labute approximate surface area is 225 Å². The van der Waals surface area contributed by atoms with Gasteiger partial charge < -0.3 is 10.1 Å². The SMILES string of the molecule is CCOC(=O)c1c(-c2ccc(Cl)cc2)csc1NC(=O)c1cc2c(C)nn(-c3ccc(Cl)cc3)c2s1. The van der Waals surface area contributed by atoms with Gasteiger partial charge >= 0.3 is 5.97 Å². The standard InChI is InChI=1S/C26H19Cl2N3O3S2/c1-3-34-26(33)22-20(15-4-6-16(27)7-5-15)13-35-24(22)29-23(32)21-12-19-14(2)30-31(25(19)36-21)18-10-8-17(28)9-11-18/h4-13H,3H2,1-2H3,(H,29,32). The summed E-state index contributed by atoms with van der Waals surface area (Å²) in [5.41, 5.74) is 3.46. The molecule has 0 unspecified atom stereocenters. The van der Waals surface area contributed by atoms with Crippen LogP contribution in [0.2, 0.25) is 10.0 Å². The van der Waals surface area contributed by atoms with E-state index in [1.165, 1.54) is 22.7 Å². The van der Waals surface area contributed by atoms with Crippen molar-refractivity contribution in [1.29, 1.82) is 0 Å². The van der Waals surface area contributed by atoms with Gasteiger partial charge in [-0.25, -0.2) is 9.48 Å². The Balaban J connectivity index is 1.49. The lowest BCUT2D eigenvalue weighted by Crippen LogP contribution is -2.13. The van der Waals surface area contributed by atoms with Crippen molar-refractivity contribution in [3.63, 3.8) is 0 Å². The maximum absolute atomic E-state index is 13.3. The number of ether oxygens (including phenoxy) is 1. The van der Waals surface area contributed by atoms with Gasteiger partial charge in [-0.15, -0.1) is 22.7 Å². The second kappa shape index (κ2) is 10.1. The van der Waals surface area contributed by atoms with E-state index < -0.39 is 5.97 Å². The number of halogens is 2. The molecule has 0 aliphatic heterocycles. The van der Waals surface area contributed by atoms with Crippen molar-refractivity contribution in [2.75, 3.05) is 11.9 Å². The molecule has 1 N–H and O–H groups in total. The number of carbonyl (C=O) groups excluding carboxylic acids is 2. The minimum absolute atomic E-state index is 0.221. The van der Waals surface area contributed by atoms with Crippen molar-refractivity contribution >= 4 is 73.0 Å². The largest absolute Gasteiger partial charge is 0.462 e. The minimum atomic E-state index is -0.496. The van der Waals surface area contributed by atoms with Crippen LogP contribution < -0.4 is 5.32 Å². The molecule has 10 heteroatoms. The Morgan fingerprint density at radius 1 is 1.06 bits per heavy atom. The van der Waals surface area contributed by atoms with E-state index in [0.29, 0.717) is 31.1 Å². The van der Waals surface area contributed by atoms with Gasteiger partial charge in [0.15, 0.2) is 0 Å². The van der Waals surface area contributed by atoms with Crippen LogP contribution in [0, 0.1) is 6.92 Å². The number of nitrogens with zero attached hydrogens (tertiary/aromatic N) is 2. The fourth-order valence-corrected chi connectivity index (χ4v) is 6.06. The molecule has 0 saturated heterocycles. The Kier molecular flexibility index (Phi) is 6.85. The van der Waals surface area contributed by atoms with Crippen molar-refractivity contribution in [2.24, 2.45) is 0 Å². The van der Waals surface area contributed by atoms with E-state index in [1.807, 2.05) is 42.6 Å². The highest BCUT2D eigenvalue weighted by molar-refractivity contribution is 7.20. The number of aryl methyl sites for hydroxylation is 1. The van der Waals surface area contributed by atoms with Crippen molar-refractivity contribution in [1.82, 2.24) is 9.78 Å². The molecule has 6 nitrogen and oxygen atoms in total. The molecule has 0 aliphatic rings. The molecular formula is C26H19Cl2N3O3S2. The van der Waals surface area contributed by atoms with Gasteiger partial charge in [0.25, 0.3) is 5.91 Å². The molecule has 0 atom stereocenters. The first-order chi connectivity index (χ1) is 17.4. The summed E-state index contributed by atoms with van der Waals surface area (Å²) in [6.07, 6.45) is 0. The van der Waals surface area contributed by atoms with Gasteiger partial charge in [-0.05, 0) is 61.9 Å². The van der Waals surface area contributed by atoms with Crippen LogP contribution in [0.15, 0.2) is 60.0 Å². The zero-order valence-corrected chi connectivity index (χ0v) is 22.3. The van der Waals surface area contributed by atoms with Crippen molar-refractivity contribution in [2.45, 2.75) is 13.8 Å². The number of nitrogens with one attached hydrogen (secondary N) is 1. The molecule has 182 valence electrons. The first-order valence-corrected chi connectivity index (χ1v) is 13.4. The lowest BCUT2D eigenvalue weighted by atomic mass is 10.0. The van der Waals surface area contributed by atoms with Crippen LogP contribution in [-0.2, 0) is 4.74 Å². The van der Waals surface area contributed by atoms with Gasteiger partial charge in [-0.3, -0.25) is 4.79 Å². The van der Waals surface area contributed by atoms with Crippen LogP contribution in [0.3, 0.4) is 0 Å². The van der Waals surface area contributed by atoms with Crippen LogP contribution in [0.4, 0.5) is 5.00 Å². The highest BCUT2D eigenvalue weighted by atomic mass is 35.5. The smallest absolute Gasteiger partial charge is 0.341 e. The molecule has 0 saturated carbocycles. The second-order valence-corrected chi connectivity index (χ2v) is 10.6. The molecule has 1 amide bonds. The van der Waals surface area contributed by atoms with E-state index in [9.17, 15) is 9.59 Å². The molecule has 3 aromatic heterocycles. The van der Waals surface area contributed by atoms with Crippen molar-refractivity contribution < 1.29 is 14.3 Å². The number of aromatic nitrogens is 2. The quantitative estimate of drug-likeness (QED) is 0.216. The summed E-state index contributed by atoms with van der Waals surface area (Å²) in [4.78, 5) is 27.5. The molecule has 2 aromatic carbocycles. The Bertz CT molecular complexity index is 1590. The number of hydrogen-bond acceptors (Lipinski definition) is 6. The first-order valence-electron chi connectivity index (χ1n) is 11.0. The predicted molar refractivity (Wildman–Crippen MR) is 147 cm³/mol. The molecule has 0 spiro atoms. The summed E-state index contributed by atoms with van der Waals surface area (Å²) in [7, 11) is 0. The monoisotopic (exact) mass is 555 g/mol. The molecule has 5 rings (SSSR count). The third-order valence-corrected chi connectivity index (χ3v) is 8.00. The molecule has 0 radical (unpaired) electrons. The number of amides is 1. The van der Waals surface area contributed by atoms with E-state index in [2.05, 4.69) is 10.4 Å². The van der Waals surface area contributed by atoms with Crippen LogP contribution in [0.25, 0.3) is 27.0 Å². The number of fused-ring (bicyclic) bond motifs is 1. The average molecular weight is 556 g/mol. The summed E-state index contributed by atoms with van der Waals surface area (Å²) in [6.45, 7) is 3.87. The molecule has 36 heavy (non-hydrogen) atoms. The molecular weight excluding hydrogens is 537 g/mol. The normalized spacial score (nSPS) is 11.1. The van der Waals surface area contributed by atoms with E-state index in [-0.39, 0.29) is 12.5 Å². The summed E-state index contributed by atoms with van der Waals surface area (Å²) in [6, 6.07) is 16.3. The summed E-state index contributed by atoms with van der Waals surface area (Å²) < 4.78 is 7.10. The molecule has 5 aromatic rings. The van der Waals surface area contributed by atoms with Crippen LogP contribution >= 0.6 is 45.9 Å². The molecule has 0 fully saturated rings. The lowest BCUT2D eigenvalue weighted by molar-refractivity contribution is 0.0529. The van der Waals surface area contributed by atoms with Gasteiger partial charge in [0.2, 0.25) is 0 Å². The van der Waals surface area contributed by atoms with Crippen LogP contribution in [-0.4, -0.2) is 28.3 Å². The van der Waals surface area contributed by atoms with Gasteiger partial charge in [-0.2, -0.15) is 5.10 Å². The van der Waals surface area contributed by atoms with Crippen LogP contribution in [0.1, 0.15) is 32.6 Å². The third kappa shape index (κ3) is 4.65. The molecule has 3 heterocycles. The molecule has 0 aliphatic carbocycles. The first kappa shape index (κ1) is 24.5. The number of benzene rings is 2. The van der Waals surface area contributed by atoms with Crippen molar-refractivity contribution in [3.8, 4) is 16.8 Å². The van der Waals surface area contributed by atoms with Gasteiger partial charge in [-0.1, -0.05) is 35.3 Å². The van der Waals surface area contributed by atoms with E-state index in [0.717, 1.165) is 27.2 Å². The zero-order chi connectivity index (χ0) is 25.4. The fourth-order valence-electron chi connectivity index (χ4n) is 3.78. The van der Waals surface area contributed by atoms with Gasteiger partial charge in [0.1, 0.15) is 15.4 Å². The van der Waals surface area contributed by atoms with E-state index in [1.54, 1.807) is 35.9 Å². The molecule has 0 bridgehead atoms. The summed E-state index contributed by atoms with van der Waals surface area (Å²) in [5.74, 6) is -0.808. The number of rotatable bonds is 6. The second-order valence-electron chi connectivity index (χ2n) is 7.84. The topological polar surface area (TPSA) is 73.2 Å². The van der Waals surface area contributed by atoms with E-state index >= 15 is 0 Å². The summed E-state index contributed by atoms with van der Waals surface area (Å²) >= 11 is 14.7. The van der Waals surface area contributed by atoms with Gasteiger partial charge in [0, 0.05) is 26.4 Å². The number of carbonyl (C=O) groups is 2. The lowest BCUT2D eigenvalue weighted by Gasteiger charge is -2.08. The van der Waals surface area contributed by atoms with Gasteiger partial charge in [0.05, 0.1) is 22.9 Å². The predicted octanol–water partition coefficient (Wildman–Crippen LogP) is 7.86. The minimum Gasteiger partial charge on any atom is -0.462 e. The number of thiophene rings is 2. The number of esters is 1. The number of anilines is 1.